The molecule has 9 heteroatoms. The first kappa shape index (κ1) is 21.5. The number of hydrogen-bond donors (Lipinski definition) is 2. The normalized spacial score (nSPS) is 10.8. The molecule has 0 radical (unpaired) electrons. The smallest absolute Gasteiger partial charge is 0.250 e. The van der Waals surface area contributed by atoms with E-state index in [1.165, 1.54) is 18.3 Å². The Labute approximate surface area is 189 Å². The first-order valence-electron chi connectivity index (χ1n) is 10.2. The number of para-hydroxylation sites is 1. The third-order valence-electron chi connectivity index (χ3n) is 4.73. The third-order valence-corrected chi connectivity index (χ3v) is 5.55. The fourth-order valence-corrected chi connectivity index (χ4v) is 4.01. The number of aryl methyl sites for hydroxylation is 1. The summed E-state index contributed by atoms with van der Waals surface area (Å²) in [6.45, 7) is 3.92. The second kappa shape index (κ2) is 9.61. The lowest BCUT2D eigenvalue weighted by molar-refractivity contribution is -0.116. The summed E-state index contributed by atoms with van der Waals surface area (Å²) in [6.07, 6.45) is 0.907. The zero-order valence-electron chi connectivity index (χ0n) is 17.8. The van der Waals surface area contributed by atoms with E-state index in [2.05, 4.69) is 20.7 Å². The number of fused-ring (bicyclic) bond motifs is 1. The van der Waals surface area contributed by atoms with E-state index in [9.17, 15) is 9.59 Å². The summed E-state index contributed by atoms with van der Waals surface area (Å²) in [6, 6.07) is 15.3. The second-order valence-electron chi connectivity index (χ2n) is 7.27. The molecule has 4 aromatic rings. The van der Waals surface area contributed by atoms with Crippen LogP contribution >= 0.6 is 11.3 Å². The predicted octanol–water partition coefficient (Wildman–Crippen LogP) is 4.52. The summed E-state index contributed by atoms with van der Waals surface area (Å²) < 4.78 is 7.43. The summed E-state index contributed by atoms with van der Waals surface area (Å²) in [7, 11) is 0. The largest absolute Gasteiger partial charge is 0.493 e. The minimum absolute atomic E-state index is 0.117. The minimum atomic E-state index is -0.155. The van der Waals surface area contributed by atoms with E-state index >= 15 is 0 Å². The van der Waals surface area contributed by atoms with Crippen LogP contribution in [-0.4, -0.2) is 33.0 Å². The Bertz CT molecular complexity index is 1250. The molecule has 0 saturated heterocycles. The summed E-state index contributed by atoms with van der Waals surface area (Å²) >= 11 is 1.44. The van der Waals surface area contributed by atoms with Crippen molar-refractivity contribution in [3.63, 3.8) is 0 Å². The van der Waals surface area contributed by atoms with Crippen LogP contribution in [0.15, 0.2) is 53.9 Å². The van der Waals surface area contributed by atoms with Gasteiger partial charge in [0, 0.05) is 30.0 Å². The highest BCUT2D eigenvalue weighted by molar-refractivity contribution is 7.15. The Morgan fingerprint density at radius 2 is 1.88 bits per heavy atom. The quantitative estimate of drug-likeness (QED) is 0.386. The van der Waals surface area contributed by atoms with Gasteiger partial charge in [-0.25, -0.2) is 4.52 Å². The molecule has 32 heavy (non-hydrogen) atoms. The highest BCUT2D eigenvalue weighted by atomic mass is 32.1. The fourth-order valence-electron chi connectivity index (χ4n) is 3.18. The Hall–Kier alpha value is -3.72. The van der Waals surface area contributed by atoms with Crippen LogP contribution < -0.4 is 15.4 Å². The molecule has 2 amide bonds. The molecular formula is C23H23N5O3S. The van der Waals surface area contributed by atoms with Crippen molar-refractivity contribution in [2.24, 2.45) is 0 Å². The molecule has 0 spiro atoms. The molecule has 2 aromatic carbocycles. The van der Waals surface area contributed by atoms with E-state index in [-0.39, 0.29) is 17.8 Å². The molecule has 0 unspecified atom stereocenters. The lowest BCUT2D eigenvalue weighted by Gasteiger charge is -2.08. The topological polar surface area (TPSA) is 97.6 Å². The number of hydrogen-bond acceptors (Lipinski definition) is 6. The van der Waals surface area contributed by atoms with E-state index in [4.69, 9.17) is 4.74 Å². The summed E-state index contributed by atoms with van der Waals surface area (Å²) in [4.78, 5) is 28.5. The summed E-state index contributed by atoms with van der Waals surface area (Å²) in [5.74, 6) is 0.839. The van der Waals surface area contributed by atoms with Gasteiger partial charge in [0.15, 0.2) is 0 Å². The van der Waals surface area contributed by atoms with E-state index in [0.29, 0.717) is 24.4 Å². The van der Waals surface area contributed by atoms with Crippen molar-refractivity contribution in [1.29, 1.82) is 0 Å². The van der Waals surface area contributed by atoms with Crippen molar-refractivity contribution in [2.75, 3.05) is 17.2 Å². The molecule has 0 saturated carbocycles. The monoisotopic (exact) mass is 449 g/mol. The van der Waals surface area contributed by atoms with E-state index in [1.54, 1.807) is 4.52 Å². The highest BCUT2D eigenvalue weighted by Crippen LogP contribution is 2.27. The number of amides is 2. The molecule has 0 aliphatic rings. The number of benzene rings is 2. The van der Waals surface area contributed by atoms with Crippen LogP contribution in [0.5, 0.6) is 5.75 Å². The van der Waals surface area contributed by atoms with Crippen LogP contribution in [0, 0.1) is 6.92 Å². The van der Waals surface area contributed by atoms with Crippen LogP contribution in [-0.2, 0) is 9.59 Å². The van der Waals surface area contributed by atoms with Gasteiger partial charge in [-0.1, -0.05) is 30.3 Å². The standard InChI is InChI=1S/C23H23N5O3S/c1-15-6-3-4-7-20(15)31-13-5-8-21(30)25-22-26-23-28(27-22)19(14-32-23)17-9-11-18(12-10-17)24-16(2)29/h3-4,6-7,9-12,14H,5,8,13H2,1-2H3,(H,24,29)(H,25,27,30). The molecule has 2 aromatic heterocycles. The fraction of sp³-hybridized carbons (Fsp3) is 0.217. The van der Waals surface area contributed by atoms with Crippen molar-refractivity contribution >= 4 is 39.7 Å². The lowest BCUT2D eigenvalue weighted by Crippen LogP contribution is -2.14. The van der Waals surface area contributed by atoms with Crippen LogP contribution in [0.3, 0.4) is 0 Å². The third kappa shape index (κ3) is 5.12. The Morgan fingerprint density at radius 1 is 1.09 bits per heavy atom. The highest BCUT2D eigenvalue weighted by Gasteiger charge is 2.13. The van der Waals surface area contributed by atoms with Gasteiger partial charge >= 0.3 is 0 Å². The number of nitrogens with one attached hydrogen (secondary N) is 2. The van der Waals surface area contributed by atoms with Crippen molar-refractivity contribution in [1.82, 2.24) is 14.6 Å². The van der Waals surface area contributed by atoms with Crippen molar-refractivity contribution in [3.05, 3.63) is 59.5 Å². The first-order valence-corrected chi connectivity index (χ1v) is 11.1. The van der Waals surface area contributed by atoms with Gasteiger partial charge in [0.1, 0.15) is 5.75 Å². The molecule has 164 valence electrons. The number of thiazole rings is 1. The van der Waals surface area contributed by atoms with Crippen LogP contribution in [0.4, 0.5) is 11.6 Å². The number of aromatic nitrogens is 3. The number of ether oxygens (including phenoxy) is 1. The van der Waals surface area contributed by atoms with Crippen molar-refractivity contribution in [2.45, 2.75) is 26.7 Å². The number of anilines is 2. The van der Waals surface area contributed by atoms with Crippen molar-refractivity contribution in [3.8, 4) is 17.0 Å². The number of carbonyl (C=O) groups is 2. The molecular weight excluding hydrogens is 426 g/mol. The average Bonchev–Trinajstić information content (AvgIpc) is 3.33. The van der Waals surface area contributed by atoms with Gasteiger partial charge < -0.3 is 10.1 Å². The van der Waals surface area contributed by atoms with Crippen LogP contribution in [0.2, 0.25) is 0 Å². The minimum Gasteiger partial charge on any atom is -0.493 e. The lowest BCUT2D eigenvalue weighted by atomic mass is 10.1. The van der Waals surface area contributed by atoms with E-state index in [0.717, 1.165) is 28.3 Å². The Balaban J connectivity index is 1.34. The maximum atomic E-state index is 12.3. The predicted molar refractivity (Wildman–Crippen MR) is 125 cm³/mol. The van der Waals surface area contributed by atoms with E-state index < -0.39 is 0 Å². The zero-order valence-corrected chi connectivity index (χ0v) is 18.6. The maximum Gasteiger partial charge on any atom is 0.250 e. The number of carbonyl (C=O) groups excluding carboxylic acids is 2. The molecule has 0 aliphatic carbocycles. The molecule has 2 heterocycles. The zero-order chi connectivity index (χ0) is 22.5. The Kier molecular flexibility index (Phi) is 6.46. The molecule has 0 fully saturated rings. The molecule has 0 atom stereocenters. The molecule has 0 aliphatic heterocycles. The van der Waals surface area contributed by atoms with Gasteiger partial charge in [0.2, 0.25) is 22.7 Å². The summed E-state index contributed by atoms with van der Waals surface area (Å²) in [5, 5.41) is 11.9. The van der Waals surface area contributed by atoms with Crippen LogP contribution in [0.25, 0.3) is 16.2 Å². The number of nitrogens with zero attached hydrogens (tertiary/aromatic N) is 3. The molecule has 4 rings (SSSR count). The first-order chi connectivity index (χ1) is 15.5. The molecule has 0 bridgehead atoms. The van der Waals surface area contributed by atoms with Crippen LogP contribution in [0.1, 0.15) is 25.3 Å². The van der Waals surface area contributed by atoms with E-state index in [1.807, 2.05) is 60.8 Å². The van der Waals surface area contributed by atoms with Gasteiger partial charge in [0.05, 0.1) is 12.3 Å². The second-order valence-corrected chi connectivity index (χ2v) is 8.11. The molecule has 8 nitrogen and oxygen atoms in total. The average molecular weight is 450 g/mol. The van der Waals surface area contributed by atoms with Gasteiger partial charge in [-0.05, 0) is 37.1 Å². The van der Waals surface area contributed by atoms with Gasteiger partial charge in [-0.3, -0.25) is 14.9 Å². The summed E-state index contributed by atoms with van der Waals surface area (Å²) in [5.41, 5.74) is 3.59. The number of rotatable bonds is 8. The maximum absolute atomic E-state index is 12.3. The Morgan fingerprint density at radius 3 is 2.62 bits per heavy atom. The van der Waals surface area contributed by atoms with Crippen molar-refractivity contribution < 1.29 is 14.3 Å². The van der Waals surface area contributed by atoms with Gasteiger partial charge in [0.25, 0.3) is 0 Å². The molecule has 2 N–H and O–H groups in total. The van der Waals surface area contributed by atoms with Gasteiger partial charge in [-0.15, -0.1) is 16.4 Å². The van der Waals surface area contributed by atoms with Gasteiger partial charge in [-0.2, -0.15) is 4.98 Å². The SMILES string of the molecule is CC(=O)Nc1ccc(-c2csc3nc(NC(=O)CCCOc4ccccc4C)nn23)cc1.